The van der Waals surface area contributed by atoms with Gasteiger partial charge in [-0.2, -0.15) is 0 Å². The molecule has 11 heteroatoms. The molecule has 0 unspecified atom stereocenters. The first kappa shape index (κ1) is 24.2. The standard InChI is InChI=1S/C19H20N6O2S3.C2H6/c1-9-22-7-12(25(9)2)10-6-11(17-23-8-13(29-17)16(21)26)24-18-14(10)15(20)19(30-18)28-5-4-27-3;1-2/h6-8H,4-5,20H2,1-3H3,(H2,21,26);1-2H3. The van der Waals surface area contributed by atoms with Crippen LogP contribution in [0.15, 0.2) is 22.7 Å². The van der Waals surface area contributed by atoms with Crippen LogP contribution in [-0.2, 0) is 11.8 Å². The summed E-state index contributed by atoms with van der Waals surface area (Å²) in [6.07, 6.45) is 3.32. The van der Waals surface area contributed by atoms with Crippen LogP contribution in [0.1, 0.15) is 29.3 Å². The molecule has 8 nitrogen and oxygen atoms in total. The summed E-state index contributed by atoms with van der Waals surface area (Å²) in [7, 11) is 3.65. The summed E-state index contributed by atoms with van der Waals surface area (Å²) in [5, 5.41) is 1.53. The van der Waals surface area contributed by atoms with Crippen molar-refractivity contribution in [1.29, 1.82) is 0 Å². The van der Waals surface area contributed by atoms with Crippen molar-refractivity contribution in [3.05, 3.63) is 29.2 Å². The number of imidazole rings is 1. The quantitative estimate of drug-likeness (QED) is 0.287. The van der Waals surface area contributed by atoms with E-state index in [-0.39, 0.29) is 0 Å². The second-order valence-electron chi connectivity index (χ2n) is 6.52. The first-order valence-electron chi connectivity index (χ1n) is 10.00. The number of aryl methyl sites for hydroxylation is 1. The van der Waals surface area contributed by atoms with Crippen LogP contribution in [0, 0.1) is 6.92 Å². The zero-order valence-corrected chi connectivity index (χ0v) is 21.1. The number of nitrogen functional groups attached to an aromatic ring is 1. The Balaban J connectivity index is 0.00000141. The fourth-order valence-electron chi connectivity index (χ4n) is 3.00. The number of fused-ring (bicyclic) bond motifs is 1. The maximum atomic E-state index is 11.5. The average Bonchev–Trinajstić information content (AvgIpc) is 3.49. The summed E-state index contributed by atoms with van der Waals surface area (Å²) in [5.74, 6) is 1.19. The molecule has 4 N–H and O–H groups in total. The van der Waals surface area contributed by atoms with Crippen molar-refractivity contribution in [2.24, 2.45) is 12.8 Å². The molecule has 0 aliphatic heterocycles. The van der Waals surface area contributed by atoms with E-state index in [1.54, 1.807) is 30.2 Å². The number of carbonyl (C=O) groups excluding carboxylic acids is 1. The van der Waals surface area contributed by atoms with Crippen LogP contribution in [0.4, 0.5) is 5.69 Å². The number of rotatable bonds is 7. The monoisotopic (exact) mass is 490 g/mol. The van der Waals surface area contributed by atoms with E-state index in [2.05, 4.69) is 9.97 Å². The molecule has 4 rings (SSSR count). The molecule has 0 spiro atoms. The first-order chi connectivity index (χ1) is 15.4. The van der Waals surface area contributed by atoms with Gasteiger partial charge in [-0.15, -0.1) is 34.4 Å². The number of anilines is 1. The molecule has 1 amide bonds. The van der Waals surface area contributed by atoms with Crippen LogP contribution in [0.25, 0.3) is 32.2 Å². The van der Waals surface area contributed by atoms with E-state index >= 15 is 0 Å². The third kappa shape index (κ3) is 4.65. The van der Waals surface area contributed by atoms with Gasteiger partial charge >= 0.3 is 0 Å². The minimum Gasteiger partial charge on any atom is -0.397 e. The third-order valence-corrected chi connectivity index (χ3v) is 8.03. The number of amides is 1. The highest BCUT2D eigenvalue weighted by molar-refractivity contribution is 8.01. The molecule has 0 fully saturated rings. The van der Waals surface area contributed by atoms with Gasteiger partial charge in [0.05, 0.1) is 34.6 Å². The van der Waals surface area contributed by atoms with Gasteiger partial charge in [-0.1, -0.05) is 13.8 Å². The van der Waals surface area contributed by atoms with E-state index in [0.717, 1.165) is 37.3 Å². The molecule has 0 atom stereocenters. The fraction of sp³-hybridized carbons (Fsp3) is 0.333. The van der Waals surface area contributed by atoms with Gasteiger partial charge in [-0.25, -0.2) is 15.0 Å². The van der Waals surface area contributed by atoms with Crippen molar-refractivity contribution >= 4 is 56.2 Å². The Bertz CT molecular complexity index is 1240. The van der Waals surface area contributed by atoms with Crippen molar-refractivity contribution in [3.8, 4) is 22.0 Å². The van der Waals surface area contributed by atoms with E-state index in [4.69, 9.17) is 21.2 Å². The lowest BCUT2D eigenvalue weighted by molar-refractivity contribution is 0.100. The molecular formula is C21H26N6O2S3. The molecule has 4 aromatic heterocycles. The van der Waals surface area contributed by atoms with E-state index in [1.807, 2.05) is 44.6 Å². The number of methoxy groups -OCH3 is 1. The number of hydrogen-bond donors (Lipinski definition) is 2. The number of pyridine rings is 1. The molecule has 0 bridgehead atoms. The van der Waals surface area contributed by atoms with Crippen LogP contribution in [0.5, 0.6) is 0 Å². The van der Waals surface area contributed by atoms with Crippen molar-refractivity contribution in [1.82, 2.24) is 19.5 Å². The van der Waals surface area contributed by atoms with Crippen LogP contribution >= 0.6 is 34.4 Å². The highest BCUT2D eigenvalue weighted by Crippen LogP contribution is 2.45. The number of nitrogens with zero attached hydrogens (tertiary/aromatic N) is 4. The maximum absolute atomic E-state index is 11.5. The number of carbonyl (C=O) groups is 1. The van der Waals surface area contributed by atoms with E-state index < -0.39 is 5.91 Å². The van der Waals surface area contributed by atoms with Crippen LogP contribution in [-0.4, -0.2) is 44.9 Å². The molecule has 0 aromatic carbocycles. The molecule has 4 aromatic rings. The molecule has 0 saturated heterocycles. The van der Waals surface area contributed by atoms with Gasteiger partial charge < -0.3 is 20.8 Å². The molecule has 170 valence electrons. The van der Waals surface area contributed by atoms with Crippen molar-refractivity contribution < 1.29 is 9.53 Å². The lowest BCUT2D eigenvalue weighted by Gasteiger charge is -2.08. The van der Waals surface area contributed by atoms with Crippen molar-refractivity contribution in [2.75, 3.05) is 25.2 Å². The van der Waals surface area contributed by atoms with Crippen molar-refractivity contribution in [2.45, 2.75) is 25.0 Å². The maximum Gasteiger partial charge on any atom is 0.260 e. The zero-order chi connectivity index (χ0) is 23.4. The summed E-state index contributed by atoms with van der Waals surface area (Å²) in [5.41, 5.74) is 15.2. The Morgan fingerprint density at radius 1 is 1.25 bits per heavy atom. The fourth-order valence-corrected chi connectivity index (χ4v) is 5.99. The lowest BCUT2D eigenvalue weighted by Crippen LogP contribution is -2.08. The summed E-state index contributed by atoms with van der Waals surface area (Å²) < 4.78 is 8.18. The number of nitrogens with two attached hydrogens (primary N) is 2. The Labute approximate surface area is 199 Å². The topological polar surface area (TPSA) is 122 Å². The van der Waals surface area contributed by atoms with Crippen LogP contribution in [0.2, 0.25) is 0 Å². The van der Waals surface area contributed by atoms with Gasteiger partial charge in [-0.05, 0) is 13.0 Å². The lowest BCUT2D eigenvalue weighted by atomic mass is 10.1. The molecule has 0 aliphatic rings. The van der Waals surface area contributed by atoms with E-state index in [0.29, 0.717) is 27.9 Å². The number of hydrogen-bond acceptors (Lipinski definition) is 9. The number of primary amides is 1. The first-order valence-corrected chi connectivity index (χ1v) is 12.6. The molecule has 32 heavy (non-hydrogen) atoms. The van der Waals surface area contributed by atoms with Gasteiger partial charge in [0.25, 0.3) is 5.91 Å². The van der Waals surface area contributed by atoms with E-state index in [1.165, 1.54) is 17.5 Å². The molecule has 4 heterocycles. The highest BCUT2D eigenvalue weighted by Gasteiger charge is 2.21. The summed E-state index contributed by atoms with van der Waals surface area (Å²) in [6, 6.07) is 1.95. The number of ether oxygens (including phenoxy) is 1. The predicted molar refractivity (Wildman–Crippen MR) is 135 cm³/mol. The normalized spacial score (nSPS) is 10.9. The summed E-state index contributed by atoms with van der Waals surface area (Å²) in [6.45, 7) is 6.59. The number of thioether (sulfide) groups is 1. The van der Waals surface area contributed by atoms with Crippen molar-refractivity contribution in [3.63, 3.8) is 0 Å². The Kier molecular flexibility index (Phi) is 7.88. The number of thiazole rings is 1. The molecular weight excluding hydrogens is 464 g/mol. The number of aromatic nitrogens is 4. The Morgan fingerprint density at radius 3 is 2.59 bits per heavy atom. The van der Waals surface area contributed by atoms with Crippen LogP contribution in [0.3, 0.4) is 0 Å². The minimum atomic E-state index is -0.500. The minimum absolute atomic E-state index is 0.395. The van der Waals surface area contributed by atoms with Crippen LogP contribution < -0.4 is 11.5 Å². The zero-order valence-electron chi connectivity index (χ0n) is 18.6. The summed E-state index contributed by atoms with van der Waals surface area (Å²) >= 11 is 4.42. The summed E-state index contributed by atoms with van der Waals surface area (Å²) in [4.78, 5) is 26.3. The van der Waals surface area contributed by atoms with Gasteiger partial charge in [0, 0.05) is 30.9 Å². The average molecular weight is 491 g/mol. The SMILES string of the molecule is CC.COCCSc1sc2nc(-c3ncc(C(N)=O)s3)cc(-c3cnc(C)n3C)c2c1N. The Morgan fingerprint density at radius 2 is 2.00 bits per heavy atom. The van der Waals surface area contributed by atoms with Gasteiger partial charge in [0.2, 0.25) is 0 Å². The highest BCUT2D eigenvalue weighted by atomic mass is 32.2. The van der Waals surface area contributed by atoms with E-state index in [9.17, 15) is 4.79 Å². The third-order valence-electron chi connectivity index (χ3n) is 4.65. The predicted octanol–water partition coefficient (Wildman–Crippen LogP) is 4.57. The molecule has 0 radical (unpaired) electrons. The largest absolute Gasteiger partial charge is 0.397 e. The second kappa shape index (κ2) is 10.4. The smallest absolute Gasteiger partial charge is 0.260 e. The Hall–Kier alpha value is -2.47. The van der Waals surface area contributed by atoms with Gasteiger partial charge in [0.15, 0.2) is 0 Å². The number of thiophene rings is 1. The van der Waals surface area contributed by atoms with Gasteiger partial charge in [0.1, 0.15) is 26.2 Å². The second-order valence-corrected chi connectivity index (χ2v) is 9.92. The molecule has 0 aliphatic carbocycles. The molecule has 0 saturated carbocycles. The van der Waals surface area contributed by atoms with Gasteiger partial charge in [-0.3, -0.25) is 4.79 Å².